The zero-order valence-electron chi connectivity index (χ0n) is 23.3. The molecule has 0 unspecified atom stereocenters. The van der Waals surface area contributed by atoms with E-state index in [4.69, 9.17) is 14.2 Å². The fraction of sp³-hybridized carbons (Fsp3) is 0.267. The summed E-state index contributed by atoms with van der Waals surface area (Å²) in [6, 6.07) is 15.8. The Morgan fingerprint density at radius 2 is 1.45 bits per heavy atom. The smallest absolute Gasteiger partial charge is 0.329 e. The number of amides is 3. The van der Waals surface area contributed by atoms with E-state index in [1.54, 1.807) is 42.5 Å². The van der Waals surface area contributed by atoms with Crippen molar-refractivity contribution in [3.63, 3.8) is 0 Å². The molecule has 0 spiro atoms. The number of hydrazone groups is 1. The lowest BCUT2D eigenvalue weighted by Gasteiger charge is -2.15. The van der Waals surface area contributed by atoms with E-state index in [1.807, 2.05) is 46.8 Å². The van der Waals surface area contributed by atoms with Crippen molar-refractivity contribution in [3.05, 3.63) is 76.9 Å². The molecule has 0 atom stereocenters. The number of para-hydroxylation sites is 2. The van der Waals surface area contributed by atoms with Crippen LogP contribution < -0.4 is 30.3 Å². The number of anilines is 2. The molecular formula is C30H34N4O6. The van der Waals surface area contributed by atoms with Gasteiger partial charge in [0.25, 0.3) is 5.91 Å². The average molecular weight is 547 g/mol. The molecule has 3 rings (SSSR count). The molecule has 40 heavy (non-hydrogen) atoms. The SMILES string of the molecule is CCOc1ccccc1NC(=O)C(=O)N/N=C\c1ccc(OCC(=O)Nc2c(C)cc(C)cc2C)c(OCC)c1. The Bertz CT molecular complexity index is 1380. The summed E-state index contributed by atoms with van der Waals surface area (Å²) in [5, 5.41) is 9.27. The van der Waals surface area contributed by atoms with Crippen LogP contribution in [0.25, 0.3) is 0 Å². The molecule has 0 aliphatic carbocycles. The zero-order chi connectivity index (χ0) is 29.1. The van der Waals surface area contributed by atoms with Gasteiger partial charge in [-0.15, -0.1) is 0 Å². The fourth-order valence-corrected chi connectivity index (χ4v) is 3.94. The van der Waals surface area contributed by atoms with Crippen LogP contribution in [0.15, 0.2) is 59.7 Å². The Labute approximate surface area is 233 Å². The van der Waals surface area contributed by atoms with Gasteiger partial charge in [-0.1, -0.05) is 29.8 Å². The minimum Gasteiger partial charge on any atom is -0.492 e. The van der Waals surface area contributed by atoms with Crippen LogP contribution in [-0.4, -0.2) is 43.8 Å². The maximum absolute atomic E-state index is 12.6. The molecule has 3 N–H and O–H groups in total. The molecule has 0 aromatic heterocycles. The Kier molecular flexibility index (Phi) is 10.6. The van der Waals surface area contributed by atoms with Gasteiger partial charge in [0.15, 0.2) is 18.1 Å². The summed E-state index contributed by atoms with van der Waals surface area (Å²) in [5.74, 6) is -0.900. The molecule has 3 aromatic rings. The highest BCUT2D eigenvalue weighted by atomic mass is 16.5. The highest BCUT2D eigenvalue weighted by Crippen LogP contribution is 2.28. The quantitative estimate of drug-likeness (QED) is 0.184. The largest absolute Gasteiger partial charge is 0.492 e. The third kappa shape index (κ3) is 8.32. The van der Waals surface area contributed by atoms with E-state index in [-0.39, 0.29) is 12.5 Å². The number of nitrogens with zero attached hydrogens (tertiary/aromatic N) is 1. The third-order valence-corrected chi connectivity index (χ3v) is 5.59. The van der Waals surface area contributed by atoms with Crippen LogP contribution in [-0.2, 0) is 14.4 Å². The lowest BCUT2D eigenvalue weighted by Crippen LogP contribution is -2.32. The minimum absolute atomic E-state index is 0.210. The molecule has 0 fully saturated rings. The topological polar surface area (TPSA) is 127 Å². The fourth-order valence-electron chi connectivity index (χ4n) is 3.94. The minimum atomic E-state index is -0.947. The molecular weight excluding hydrogens is 512 g/mol. The van der Waals surface area contributed by atoms with Crippen LogP contribution in [0, 0.1) is 20.8 Å². The molecule has 0 saturated heterocycles. The first-order chi connectivity index (χ1) is 19.2. The summed E-state index contributed by atoms with van der Waals surface area (Å²) in [4.78, 5) is 37.0. The van der Waals surface area contributed by atoms with Crippen LogP contribution in [0.3, 0.4) is 0 Å². The van der Waals surface area contributed by atoms with E-state index in [0.29, 0.717) is 41.7 Å². The summed E-state index contributed by atoms with van der Waals surface area (Å²) in [6.07, 6.45) is 1.36. The molecule has 0 aliphatic heterocycles. The summed E-state index contributed by atoms with van der Waals surface area (Å²) in [7, 11) is 0. The molecule has 3 aromatic carbocycles. The van der Waals surface area contributed by atoms with Crippen LogP contribution in [0.5, 0.6) is 17.2 Å². The highest BCUT2D eigenvalue weighted by Gasteiger charge is 2.15. The first kappa shape index (κ1) is 29.7. The summed E-state index contributed by atoms with van der Waals surface area (Å²) in [6.45, 7) is 10.1. The Morgan fingerprint density at radius 1 is 0.775 bits per heavy atom. The number of rotatable bonds is 11. The Balaban J connectivity index is 1.59. The third-order valence-electron chi connectivity index (χ3n) is 5.59. The van der Waals surface area contributed by atoms with Crippen molar-refractivity contribution in [1.29, 1.82) is 0 Å². The number of carbonyl (C=O) groups is 3. The summed E-state index contributed by atoms with van der Waals surface area (Å²) < 4.78 is 16.8. The second-order valence-electron chi connectivity index (χ2n) is 8.83. The van der Waals surface area contributed by atoms with Crippen LogP contribution in [0.2, 0.25) is 0 Å². The van der Waals surface area contributed by atoms with E-state index in [9.17, 15) is 14.4 Å². The van der Waals surface area contributed by atoms with Gasteiger partial charge < -0.3 is 24.8 Å². The first-order valence-corrected chi connectivity index (χ1v) is 12.8. The van der Waals surface area contributed by atoms with Crippen molar-refractivity contribution < 1.29 is 28.6 Å². The molecule has 10 heteroatoms. The second-order valence-corrected chi connectivity index (χ2v) is 8.83. The number of benzene rings is 3. The van der Waals surface area contributed by atoms with E-state index in [2.05, 4.69) is 21.2 Å². The normalized spacial score (nSPS) is 10.6. The Morgan fingerprint density at radius 3 is 2.15 bits per heavy atom. The van der Waals surface area contributed by atoms with Crippen molar-refractivity contribution in [1.82, 2.24) is 5.43 Å². The molecule has 0 radical (unpaired) electrons. The standard InChI is InChI=1S/C30H34N4O6/c1-6-38-24-11-9-8-10-23(24)32-29(36)30(37)34-31-17-22-12-13-25(26(16-22)39-7-2)40-18-27(35)33-28-20(4)14-19(3)15-21(28)5/h8-17H,6-7,18H2,1-5H3,(H,32,36)(H,33,35)(H,34,37)/b31-17-. The van der Waals surface area contributed by atoms with Crippen LogP contribution in [0.4, 0.5) is 11.4 Å². The van der Waals surface area contributed by atoms with Gasteiger partial charge in [-0.05, 0) is 81.6 Å². The zero-order valence-corrected chi connectivity index (χ0v) is 23.3. The molecule has 210 valence electrons. The predicted octanol–water partition coefficient (Wildman–Crippen LogP) is 4.52. The number of ether oxygens (including phenoxy) is 3. The van der Waals surface area contributed by atoms with Gasteiger partial charge >= 0.3 is 11.8 Å². The molecule has 0 heterocycles. The molecule has 0 aliphatic rings. The molecule has 0 bridgehead atoms. The predicted molar refractivity (Wildman–Crippen MR) is 154 cm³/mol. The summed E-state index contributed by atoms with van der Waals surface area (Å²) in [5.41, 5.74) is 7.00. The average Bonchev–Trinajstić information content (AvgIpc) is 2.91. The number of aryl methyl sites for hydroxylation is 3. The number of hydrogen-bond donors (Lipinski definition) is 3. The molecule has 0 saturated carbocycles. The van der Waals surface area contributed by atoms with E-state index >= 15 is 0 Å². The monoisotopic (exact) mass is 546 g/mol. The van der Waals surface area contributed by atoms with Crippen LogP contribution >= 0.6 is 0 Å². The van der Waals surface area contributed by atoms with Crippen molar-refractivity contribution in [3.8, 4) is 17.2 Å². The maximum Gasteiger partial charge on any atom is 0.329 e. The van der Waals surface area contributed by atoms with Crippen molar-refractivity contribution >= 4 is 35.3 Å². The van der Waals surface area contributed by atoms with Crippen LogP contribution in [0.1, 0.15) is 36.1 Å². The van der Waals surface area contributed by atoms with Gasteiger partial charge in [0.2, 0.25) is 0 Å². The number of nitrogens with one attached hydrogen (secondary N) is 3. The molecule has 10 nitrogen and oxygen atoms in total. The van der Waals surface area contributed by atoms with Crippen molar-refractivity contribution in [2.45, 2.75) is 34.6 Å². The van der Waals surface area contributed by atoms with E-state index in [0.717, 1.165) is 22.4 Å². The highest BCUT2D eigenvalue weighted by molar-refractivity contribution is 6.39. The van der Waals surface area contributed by atoms with E-state index < -0.39 is 11.8 Å². The first-order valence-electron chi connectivity index (χ1n) is 12.8. The van der Waals surface area contributed by atoms with Gasteiger partial charge in [-0.25, -0.2) is 5.43 Å². The van der Waals surface area contributed by atoms with Crippen molar-refractivity contribution in [2.75, 3.05) is 30.5 Å². The van der Waals surface area contributed by atoms with Crippen molar-refractivity contribution in [2.24, 2.45) is 5.10 Å². The number of hydrogen-bond acceptors (Lipinski definition) is 7. The second kappa shape index (κ2) is 14.3. The van der Waals surface area contributed by atoms with E-state index in [1.165, 1.54) is 6.21 Å². The lowest BCUT2D eigenvalue weighted by atomic mass is 10.1. The molecule has 3 amide bonds. The maximum atomic E-state index is 12.6. The van der Waals surface area contributed by atoms with Gasteiger partial charge in [0.1, 0.15) is 5.75 Å². The van der Waals surface area contributed by atoms with Gasteiger partial charge in [0.05, 0.1) is 25.1 Å². The number of carbonyl (C=O) groups excluding carboxylic acids is 3. The van der Waals surface area contributed by atoms with Gasteiger partial charge in [-0.2, -0.15) is 5.10 Å². The summed E-state index contributed by atoms with van der Waals surface area (Å²) >= 11 is 0. The van der Waals surface area contributed by atoms with Gasteiger partial charge in [-0.3, -0.25) is 14.4 Å². The Hall–Kier alpha value is -4.86. The van der Waals surface area contributed by atoms with Gasteiger partial charge in [0, 0.05) is 5.69 Å². The lowest BCUT2D eigenvalue weighted by molar-refractivity contribution is -0.136.